The van der Waals surface area contributed by atoms with Crippen molar-refractivity contribution in [3.63, 3.8) is 0 Å². The van der Waals surface area contributed by atoms with Gasteiger partial charge in [0.25, 0.3) is 0 Å². The zero-order valence-corrected chi connectivity index (χ0v) is 23.5. The highest BCUT2D eigenvalue weighted by atomic mass is 16.6. The molecule has 212 valence electrons. The van der Waals surface area contributed by atoms with Gasteiger partial charge in [-0.3, -0.25) is 4.79 Å². The first-order valence-electron chi connectivity index (χ1n) is 13.7. The van der Waals surface area contributed by atoms with E-state index in [2.05, 4.69) is 15.3 Å². The van der Waals surface area contributed by atoms with Crippen molar-refractivity contribution < 1.29 is 24.2 Å². The van der Waals surface area contributed by atoms with Crippen LogP contribution in [0.3, 0.4) is 0 Å². The molecular formula is C28H40N6O5. The molecule has 0 radical (unpaired) electrons. The molecule has 1 aromatic heterocycles. The molecule has 0 unspecified atom stereocenters. The Labute approximate surface area is 230 Å². The molecule has 0 bridgehead atoms. The molecule has 1 aromatic carbocycles. The maximum atomic E-state index is 12.9. The first kappa shape index (κ1) is 29.7. The zero-order chi connectivity index (χ0) is 28.5. The number of aromatic nitrogens is 2. The molecule has 1 aliphatic heterocycles. The van der Waals surface area contributed by atoms with Crippen LogP contribution < -0.4 is 19.9 Å². The molecule has 1 aliphatic rings. The van der Waals surface area contributed by atoms with E-state index in [4.69, 9.17) is 4.74 Å². The average Bonchev–Trinajstić information content (AvgIpc) is 3.46. The Bertz CT molecular complexity index is 1130. The van der Waals surface area contributed by atoms with Crippen molar-refractivity contribution in [2.75, 3.05) is 47.8 Å². The van der Waals surface area contributed by atoms with Gasteiger partial charge in [-0.25, -0.2) is 14.6 Å². The van der Waals surface area contributed by atoms with Gasteiger partial charge in [0.05, 0.1) is 6.20 Å². The number of hydrogen-bond acceptors (Lipinski definition) is 8. The number of aliphatic carboxylic acids is 1. The molecule has 1 fully saturated rings. The SMILES string of the molecule is CCN(CC)c1ncc(N(CC)C(=O)C(C)C)c(N[C@@H](Cc2ccc(OC(=O)N3CCCC3)cc2)C(=O)O)n1. The molecule has 11 nitrogen and oxygen atoms in total. The van der Waals surface area contributed by atoms with Crippen LogP contribution in [-0.2, 0) is 16.0 Å². The molecule has 2 aromatic rings. The lowest BCUT2D eigenvalue weighted by atomic mass is 10.1. The standard InChI is InChI=1S/C28H40N6O5/c1-6-32(7-2)27-29-18-23(34(8-3)25(35)19(4)5)24(31-27)30-22(26(36)37)17-20-11-13-21(14-12-20)39-28(38)33-15-9-10-16-33/h11-14,18-19,22H,6-10,15-17H2,1-5H3,(H,36,37)(H,29,30,31)/t22-/m0/s1. The Balaban J connectivity index is 1.85. The van der Waals surface area contributed by atoms with Crippen LogP contribution in [0.15, 0.2) is 30.5 Å². The molecule has 2 amide bonds. The number of anilines is 3. The Kier molecular flexibility index (Phi) is 10.5. The second-order valence-electron chi connectivity index (χ2n) is 9.76. The van der Waals surface area contributed by atoms with Crippen molar-refractivity contribution >= 4 is 35.4 Å². The monoisotopic (exact) mass is 540 g/mol. The van der Waals surface area contributed by atoms with Crippen LogP contribution in [0.5, 0.6) is 5.75 Å². The van der Waals surface area contributed by atoms with Gasteiger partial charge in [-0.2, -0.15) is 4.98 Å². The average molecular weight is 541 g/mol. The van der Waals surface area contributed by atoms with Gasteiger partial charge in [0.2, 0.25) is 11.9 Å². The third-order valence-corrected chi connectivity index (χ3v) is 6.71. The largest absolute Gasteiger partial charge is 0.480 e. The summed E-state index contributed by atoms with van der Waals surface area (Å²) in [5, 5.41) is 13.1. The van der Waals surface area contributed by atoms with E-state index in [1.165, 1.54) is 0 Å². The van der Waals surface area contributed by atoms with E-state index in [9.17, 15) is 19.5 Å². The molecule has 2 heterocycles. The predicted molar refractivity (Wildman–Crippen MR) is 150 cm³/mol. The van der Waals surface area contributed by atoms with Gasteiger partial charge in [-0.05, 0) is 51.3 Å². The molecule has 0 aliphatic carbocycles. The van der Waals surface area contributed by atoms with E-state index >= 15 is 0 Å². The molecule has 0 saturated carbocycles. The van der Waals surface area contributed by atoms with E-state index in [1.54, 1.807) is 40.3 Å². The minimum Gasteiger partial charge on any atom is -0.480 e. The first-order chi connectivity index (χ1) is 18.7. The molecule has 1 saturated heterocycles. The fraction of sp³-hybridized carbons (Fsp3) is 0.536. The van der Waals surface area contributed by atoms with Gasteiger partial charge in [-0.15, -0.1) is 0 Å². The van der Waals surface area contributed by atoms with E-state index in [0.29, 0.717) is 50.1 Å². The minimum atomic E-state index is -1.06. The van der Waals surface area contributed by atoms with Crippen LogP contribution in [-0.4, -0.2) is 76.7 Å². The van der Waals surface area contributed by atoms with Crippen LogP contribution in [0.1, 0.15) is 53.0 Å². The summed E-state index contributed by atoms with van der Waals surface area (Å²) in [5.41, 5.74) is 1.17. The van der Waals surface area contributed by atoms with Crippen LogP contribution >= 0.6 is 0 Å². The summed E-state index contributed by atoms with van der Waals surface area (Å²) in [5.74, 6) is -0.284. The van der Waals surface area contributed by atoms with E-state index in [-0.39, 0.29) is 30.2 Å². The summed E-state index contributed by atoms with van der Waals surface area (Å²) in [7, 11) is 0. The number of nitrogens with zero attached hydrogens (tertiary/aromatic N) is 5. The second-order valence-corrected chi connectivity index (χ2v) is 9.76. The number of hydrogen-bond donors (Lipinski definition) is 2. The summed E-state index contributed by atoms with van der Waals surface area (Å²) in [6.07, 6.45) is 3.30. The number of ether oxygens (including phenoxy) is 1. The van der Waals surface area contributed by atoms with Crippen LogP contribution in [0.4, 0.5) is 22.2 Å². The lowest BCUT2D eigenvalue weighted by Gasteiger charge is -2.28. The van der Waals surface area contributed by atoms with E-state index in [1.807, 2.05) is 39.5 Å². The number of rotatable bonds is 12. The quantitative estimate of drug-likeness (QED) is 0.410. The Hall–Kier alpha value is -3.89. The van der Waals surface area contributed by atoms with Gasteiger partial charge in [-0.1, -0.05) is 26.0 Å². The fourth-order valence-electron chi connectivity index (χ4n) is 4.44. The lowest BCUT2D eigenvalue weighted by Crippen LogP contribution is -2.37. The number of carbonyl (C=O) groups is 3. The lowest BCUT2D eigenvalue weighted by molar-refractivity contribution is -0.137. The van der Waals surface area contributed by atoms with Gasteiger partial charge < -0.3 is 29.9 Å². The maximum Gasteiger partial charge on any atom is 0.415 e. The van der Waals surface area contributed by atoms with Gasteiger partial charge in [0.15, 0.2) is 5.82 Å². The molecule has 0 spiro atoms. The number of carboxylic acids is 1. The maximum absolute atomic E-state index is 12.9. The number of carbonyl (C=O) groups excluding carboxylic acids is 2. The van der Waals surface area contributed by atoms with Crippen molar-refractivity contribution in [3.05, 3.63) is 36.0 Å². The van der Waals surface area contributed by atoms with Crippen molar-refractivity contribution in [2.45, 2.75) is 59.9 Å². The third kappa shape index (κ3) is 7.58. The topological polar surface area (TPSA) is 128 Å². The summed E-state index contributed by atoms with van der Waals surface area (Å²) >= 11 is 0. The van der Waals surface area contributed by atoms with Gasteiger partial charge in [0.1, 0.15) is 17.5 Å². The number of benzene rings is 1. The summed E-state index contributed by atoms with van der Waals surface area (Å²) < 4.78 is 5.45. The van der Waals surface area contributed by atoms with Crippen molar-refractivity contribution in [2.24, 2.45) is 5.92 Å². The molecule has 11 heteroatoms. The summed E-state index contributed by atoms with van der Waals surface area (Å²) in [6.45, 7) is 12.6. The zero-order valence-electron chi connectivity index (χ0n) is 23.5. The number of carboxylic acid groups (broad SMARTS) is 1. The minimum absolute atomic E-state index is 0.106. The van der Waals surface area contributed by atoms with Crippen molar-refractivity contribution in [3.8, 4) is 5.75 Å². The Morgan fingerprint density at radius 1 is 1.05 bits per heavy atom. The third-order valence-electron chi connectivity index (χ3n) is 6.71. The molecule has 1 atom stereocenters. The highest BCUT2D eigenvalue weighted by molar-refractivity contribution is 5.97. The predicted octanol–water partition coefficient (Wildman–Crippen LogP) is 4.03. The van der Waals surface area contributed by atoms with E-state index in [0.717, 1.165) is 18.4 Å². The van der Waals surface area contributed by atoms with Crippen molar-refractivity contribution in [1.82, 2.24) is 14.9 Å². The molecular weight excluding hydrogens is 500 g/mol. The molecule has 39 heavy (non-hydrogen) atoms. The summed E-state index contributed by atoms with van der Waals surface area (Å²) in [4.78, 5) is 51.9. The van der Waals surface area contributed by atoms with E-state index < -0.39 is 12.0 Å². The first-order valence-corrected chi connectivity index (χ1v) is 13.7. The fourth-order valence-corrected chi connectivity index (χ4v) is 4.44. The highest BCUT2D eigenvalue weighted by Crippen LogP contribution is 2.28. The van der Waals surface area contributed by atoms with Crippen molar-refractivity contribution in [1.29, 1.82) is 0 Å². The van der Waals surface area contributed by atoms with Crippen LogP contribution in [0, 0.1) is 5.92 Å². The Morgan fingerprint density at radius 3 is 2.23 bits per heavy atom. The number of likely N-dealkylation sites (tertiary alicyclic amines) is 1. The highest BCUT2D eigenvalue weighted by Gasteiger charge is 2.26. The Morgan fingerprint density at radius 2 is 1.69 bits per heavy atom. The normalized spacial score (nSPS) is 13.7. The van der Waals surface area contributed by atoms with Crippen LogP contribution in [0.2, 0.25) is 0 Å². The molecule has 2 N–H and O–H groups in total. The van der Waals surface area contributed by atoms with Gasteiger partial charge >= 0.3 is 12.1 Å². The summed E-state index contributed by atoms with van der Waals surface area (Å²) in [6, 6.07) is 5.78. The number of amides is 2. The van der Waals surface area contributed by atoms with Crippen LogP contribution in [0.25, 0.3) is 0 Å². The number of nitrogens with one attached hydrogen (secondary N) is 1. The second kappa shape index (κ2) is 13.8. The van der Waals surface area contributed by atoms with Gasteiger partial charge in [0, 0.05) is 45.1 Å². The molecule has 3 rings (SSSR count). The smallest absolute Gasteiger partial charge is 0.415 e.